The number of unbranched alkanes of at least 4 members (excludes halogenated alkanes) is 34. The molecule has 3 N–H and O–H groups in total. The molecule has 0 aliphatic carbocycles. The third kappa shape index (κ3) is 65.1. The van der Waals surface area contributed by atoms with Crippen LogP contribution in [0.5, 0.6) is 0 Å². The number of aliphatic hydroxyl groups is 1. The van der Waals surface area contributed by atoms with Gasteiger partial charge >= 0.3 is 39.5 Å². The second-order valence-electron chi connectivity index (χ2n) is 27.6. The molecular formula is C72H140O17P2. The van der Waals surface area contributed by atoms with E-state index in [2.05, 4.69) is 55.4 Å². The smallest absolute Gasteiger partial charge is 0.462 e. The standard InChI is InChI=1S/C72H140O17P2/c1-9-65(8)51-43-35-29-31-37-45-53-70(75)83-59-68(89-72(77)55-47-39-27-23-19-15-11-13-17-21-25-33-41-49-63(4)5)61-87-91(80,81)85-57-66(73)56-84-90(78,79)86-60-67(58-82-69(74)52-44-36-30-28-34-42-50-64(6)7)88-71(76)54-46-38-26-22-18-14-10-12-16-20-24-32-40-48-62(2)3/h62-68,73H,9-61H2,1-8H3,(H,78,79)(H,80,81)/t65?,66-,67-,68-/m1/s1. The second kappa shape index (κ2) is 61.6. The molecule has 0 aromatic rings. The minimum absolute atomic E-state index is 0.105. The summed E-state index contributed by atoms with van der Waals surface area (Å²) in [5.41, 5.74) is 0. The first-order chi connectivity index (χ1) is 43.6. The number of phosphoric acid groups is 2. The predicted molar refractivity (Wildman–Crippen MR) is 367 cm³/mol. The summed E-state index contributed by atoms with van der Waals surface area (Å²) < 4.78 is 68.3. The lowest BCUT2D eigenvalue weighted by atomic mass is 10.00. The molecule has 6 atom stereocenters. The Bertz CT molecular complexity index is 1800. The first-order valence-electron chi connectivity index (χ1n) is 37.2. The number of aliphatic hydroxyl groups excluding tert-OH is 1. The third-order valence-corrected chi connectivity index (χ3v) is 18.8. The molecule has 540 valence electrons. The second-order valence-corrected chi connectivity index (χ2v) is 30.6. The van der Waals surface area contributed by atoms with Gasteiger partial charge < -0.3 is 33.8 Å². The van der Waals surface area contributed by atoms with E-state index in [1.54, 1.807) is 0 Å². The molecule has 0 aromatic carbocycles. The quantitative estimate of drug-likeness (QED) is 0.0222. The summed E-state index contributed by atoms with van der Waals surface area (Å²) in [5.74, 6) is 0.854. The van der Waals surface area contributed by atoms with Crippen molar-refractivity contribution in [2.45, 2.75) is 375 Å². The Hall–Kier alpha value is -1.94. The van der Waals surface area contributed by atoms with E-state index in [9.17, 15) is 43.2 Å². The fourth-order valence-electron chi connectivity index (χ4n) is 10.8. The molecule has 0 amide bonds. The molecule has 0 aromatic heterocycles. The summed E-state index contributed by atoms with van der Waals surface area (Å²) in [6.45, 7) is 14.1. The molecule has 91 heavy (non-hydrogen) atoms. The van der Waals surface area contributed by atoms with Crippen LogP contribution in [0.1, 0.15) is 357 Å². The van der Waals surface area contributed by atoms with E-state index in [1.165, 1.54) is 148 Å². The SMILES string of the molecule is CCC(C)CCCCCCCCC(=O)OC[C@H](COP(=O)(O)OC[C@H](O)COP(=O)(O)OC[C@@H](COC(=O)CCCCCCCCC(C)C)OC(=O)CCCCCCCCCCCCCCCC(C)C)OC(=O)CCCCCCCCCCCCCCCC(C)C. The molecule has 3 unspecified atom stereocenters. The maximum Gasteiger partial charge on any atom is 0.472 e. The molecule has 19 heteroatoms. The summed E-state index contributed by atoms with van der Waals surface area (Å²) in [4.78, 5) is 72.6. The maximum absolute atomic E-state index is 13.0. The van der Waals surface area contributed by atoms with Gasteiger partial charge in [0.25, 0.3) is 0 Å². The van der Waals surface area contributed by atoms with Crippen LogP contribution in [0.3, 0.4) is 0 Å². The minimum atomic E-state index is -4.95. The van der Waals surface area contributed by atoms with Crippen LogP contribution in [-0.4, -0.2) is 96.7 Å². The highest BCUT2D eigenvalue weighted by molar-refractivity contribution is 7.47. The number of carbonyl (C=O) groups is 4. The van der Waals surface area contributed by atoms with Gasteiger partial charge in [-0.2, -0.15) is 0 Å². The number of carbonyl (C=O) groups excluding carboxylic acids is 4. The number of phosphoric ester groups is 2. The highest BCUT2D eigenvalue weighted by atomic mass is 31.2. The van der Waals surface area contributed by atoms with Crippen molar-refractivity contribution in [1.82, 2.24) is 0 Å². The fraction of sp³-hybridized carbons (Fsp3) is 0.944. The van der Waals surface area contributed by atoms with E-state index < -0.39 is 97.5 Å². The zero-order valence-electron chi connectivity index (χ0n) is 59.5. The Morgan fingerprint density at radius 2 is 0.527 bits per heavy atom. The van der Waals surface area contributed by atoms with Gasteiger partial charge in [0, 0.05) is 25.7 Å². The van der Waals surface area contributed by atoms with Crippen LogP contribution in [0, 0.1) is 23.7 Å². The van der Waals surface area contributed by atoms with Gasteiger partial charge in [-0.05, 0) is 49.4 Å². The van der Waals surface area contributed by atoms with Crippen LogP contribution in [0.4, 0.5) is 0 Å². The van der Waals surface area contributed by atoms with Crippen LogP contribution < -0.4 is 0 Å². The van der Waals surface area contributed by atoms with E-state index in [0.29, 0.717) is 31.6 Å². The van der Waals surface area contributed by atoms with Crippen molar-refractivity contribution < 1.29 is 80.2 Å². The van der Waals surface area contributed by atoms with Crippen molar-refractivity contribution >= 4 is 39.5 Å². The van der Waals surface area contributed by atoms with E-state index in [4.69, 9.17) is 37.0 Å². The van der Waals surface area contributed by atoms with Gasteiger partial charge in [0.15, 0.2) is 12.2 Å². The highest BCUT2D eigenvalue weighted by Crippen LogP contribution is 2.45. The van der Waals surface area contributed by atoms with Gasteiger partial charge in [-0.25, -0.2) is 9.13 Å². The molecule has 0 aliphatic heterocycles. The van der Waals surface area contributed by atoms with Gasteiger partial charge in [-0.1, -0.05) is 306 Å². The van der Waals surface area contributed by atoms with E-state index in [0.717, 1.165) is 120 Å². The zero-order valence-corrected chi connectivity index (χ0v) is 61.3. The average molecular weight is 1340 g/mol. The van der Waals surface area contributed by atoms with Gasteiger partial charge in [0.1, 0.15) is 19.3 Å². The van der Waals surface area contributed by atoms with Gasteiger partial charge in [-0.3, -0.25) is 37.3 Å². The fourth-order valence-corrected chi connectivity index (χ4v) is 12.4. The van der Waals surface area contributed by atoms with E-state index >= 15 is 0 Å². The van der Waals surface area contributed by atoms with Crippen molar-refractivity contribution in [2.24, 2.45) is 23.7 Å². The van der Waals surface area contributed by atoms with E-state index in [1.807, 2.05) is 0 Å². The summed E-state index contributed by atoms with van der Waals surface area (Å²) in [6.07, 6.45) is 44.6. The maximum atomic E-state index is 13.0. The summed E-state index contributed by atoms with van der Waals surface area (Å²) in [5, 5.41) is 10.6. The van der Waals surface area contributed by atoms with Crippen molar-refractivity contribution in [1.29, 1.82) is 0 Å². The van der Waals surface area contributed by atoms with E-state index in [-0.39, 0.29) is 25.7 Å². The molecule has 0 spiro atoms. The lowest BCUT2D eigenvalue weighted by molar-refractivity contribution is -0.161. The molecule has 0 saturated heterocycles. The largest absolute Gasteiger partial charge is 0.472 e. The normalized spacial score (nSPS) is 14.5. The van der Waals surface area contributed by atoms with Crippen LogP contribution in [0.15, 0.2) is 0 Å². The number of hydrogen-bond donors (Lipinski definition) is 3. The van der Waals surface area contributed by atoms with Gasteiger partial charge in [0.2, 0.25) is 0 Å². The number of hydrogen-bond acceptors (Lipinski definition) is 15. The predicted octanol–water partition coefficient (Wildman–Crippen LogP) is 20.5. The summed E-state index contributed by atoms with van der Waals surface area (Å²) in [6, 6.07) is 0. The Balaban J connectivity index is 5.22. The zero-order chi connectivity index (χ0) is 67.5. The Kier molecular flexibility index (Phi) is 60.3. The Labute approximate surface area is 556 Å². The Morgan fingerprint density at radius 3 is 0.780 bits per heavy atom. The van der Waals surface area contributed by atoms with Crippen LogP contribution in [-0.2, 0) is 65.4 Å². The topological polar surface area (TPSA) is 237 Å². The number of rotatable bonds is 69. The van der Waals surface area contributed by atoms with Gasteiger partial charge in [-0.15, -0.1) is 0 Å². The Morgan fingerprint density at radius 1 is 0.308 bits per heavy atom. The molecule has 0 heterocycles. The van der Waals surface area contributed by atoms with Crippen molar-refractivity contribution in [2.75, 3.05) is 39.6 Å². The summed E-state index contributed by atoms with van der Waals surface area (Å²) >= 11 is 0. The molecule has 0 saturated carbocycles. The monoisotopic (exact) mass is 1340 g/mol. The number of esters is 4. The molecule has 0 aliphatic rings. The number of ether oxygens (including phenoxy) is 4. The van der Waals surface area contributed by atoms with Gasteiger partial charge in [0.05, 0.1) is 26.4 Å². The van der Waals surface area contributed by atoms with Crippen LogP contribution in [0.2, 0.25) is 0 Å². The molecule has 0 fully saturated rings. The molecule has 17 nitrogen and oxygen atoms in total. The first kappa shape index (κ1) is 89.1. The molecule has 0 radical (unpaired) electrons. The third-order valence-electron chi connectivity index (χ3n) is 16.9. The lowest BCUT2D eigenvalue weighted by Gasteiger charge is -2.21. The molecule has 0 rings (SSSR count). The van der Waals surface area contributed by atoms with Crippen LogP contribution in [0.25, 0.3) is 0 Å². The molecule has 0 bridgehead atoms. The van der Waals surface area contributed by atoms with Crippen LogP contribution >= 0.6 is 15.6 Å². The summed E-state index contributed by atoms with van der Waals surface area (Å²) in [7, 11) is -9.91. The van der Waals surface area contributed by atoms with Crippen molar-refractivity contribution in [3.05, 3.63) is 0 Å². The van der Waals surface area contributed by atoms with Crippen molar-refractivity contribution in [3.8, 4) is 0 Å². The molecular weight excluding hydrogens is 1200 g/mol. The first-order valence-corrected chi connectivity index (χ1v) is 40.2. The average Bonchev–Trinajstić information content (AvgIpc) is 2.97. The lowest BCUT2D eigenvalue weighted by Crippen LogP contribution is -2.30. The minimum Gasteiger partial charge on any atom is -0.462 e. The van der Waals surface area contributed by atoms with Crippen molar-refractivity contribution in [3.63, 3.8) is 0 Å². The highest BCUT2D eigenvalue weighted by Gasteiger charge is 2.30.